The van der Waals surface area contributed by atoms with Crippen LogP contribution in [-0.2, 0) is 4.74 Å². The van der Waals surface area contributed by atoms with E-state index in [9.17, 15) is 15.3 Å². The molecule has 0 aromatic heterocycles. The van der Waals surface area contributed by atoms with Crippen molar-refractivity contribution in [3.63, 3.8) is 0 Å². The van der Waals surface area contributed by atoms with Crippen molar-refractivity contribution in [1.29, 1.82) is 0 Å². The van der Waals surface area contributed by atoms with Gasteiger partial charge in [0.15, 0.2) is 5.17 Å². The third-order valence-corrected chi connectivity index (χ3v) is 5.10. The SMILES string of the molecule is CCCC(O)C1OC2SC(N(C)CC)=NC2C(O)C1O. The second-order valence-corrected chi connectivity index (χ2v) is 6.41. The summed E-state index contributed by atoms with van der Waals surface area (Å²) in [5.74, 6) is 0. The molecule has 1 saturated heterocycles. The Morgan fingerprint density at radius 1 is 1.35 bits per heavy atom. The highest BCUT2D eigenvalue weighted by Crippen LogP contribution is 2.38. The highest BCUT2D eigenvalue weighted by Gasteiger charge is 2.50. The zero-order valence-corrected chi connectivity index (χ0v) is 13.0. The Morgan fingerprint density at radius 3 is 2.65 bits per heavy atom. The zero-order valence-electron chi connectivity index (χ0n) is 12.1. The second-order valence-electron chi connectivity index (χ2n) is 5.34. The van der Waals surface area contributed by atoms with E-state index in [0.717, 1.165) is 18.1 Å². The molecule has 1 fully saturated rings. The third kappa shape index (κ3) is 2.96. The lowest BCUT2D eigenvalue weighted by Gasteiger charge is -2.40. The van der Waals surface area contributed by atoms with Gasteiger partial charge in [-0.1, -0.05) is 25.1 Å². The number of hydrogen-bond donors (Lipinski definition) is 3. The van der Waals surface area contributed by atoms with Gasteiger partial charge in [-0.2, -0.15) is 0 Å². The standard InChI is InChI=1S/C13H24N2O4S/c1-4-6-7(16)11-10(18)9(17)8-12(19-11)20-13(14-8)15(3)5-2/h7-12,16-18H,4-6H2,1-3H3. The summed E-state index contributed by atoms with van der Waals surface area (Å²) in [6, 6.07) is -0.468. The Balaban J connectivity index is 2.09. The van der Waals surface area contributed by atoms with Crippen molar-refractivity contribution in [3.8, 4) is 0 Å². The number of amidine groups is 1. The van der Waals surface area contributed by atoms with E-state index in [4.69, 9.17) is 4.74 Å². The average Bonchev–Trinajstić information content (AvgIpc) is 2.86. The van der Waals surface area contributed by atoms with Crippen molar-refractivity contribution < 1.29 is 20.1 Å². The molecule has 2 aliphatic heterocycles. The van der Waals surface area contributed by atoms with Crippen LogP contribution in [0.3, 0.4) is 0 Å². The number of nitrogens with zero attached hydrogens (tertiary/aromatic N) is 2. The summed E-state index contributed by atoms with van der Waals surface area (Å²) in [5.41, 5.74) is -0.339. The normalized spacial score (nSPS) is 38.3. The number of aliphatic hydroxyl groups is 3. The molecule has 6 unspecified atom stereocenters. The minimum atomic E-state index is -1.10. The fraction of sp³-hybridized carbons (Fsp3) is 0.923. The van der Waals surface area contributed by atoms with Crippen LogP contribution in [0.1, 0.15) is 26.7 Å². The number of thioether (sulfide) groups is 1. The largest absolute Gasteiger partial charge is 0.390 e. The highest BCUT2D eigenvalue weighted by molar-refractivity contribution is 8.14. The molecule has 6 atom stereocenters. The van der Waals surface area contributed by atoms with E-state index in [-0.39, 0.29) is 5.44 Å². The molecule has 3 N–H and O–H groups in total. The lowest BCUT2D eigenvalue weighted by Crippen LogP contribution is -2.58. The van der Waals surface area contributed by atoms with Crippen LogP contribution in [0.25, 0.3) is 0 Å². The number of aliphatic hydroxyl groups excluding tert-OH is 3. The lowest BCUT2D eigenvalue weighted by molar-refractivity contribution is -0.185. The summed E-state index contributed by atoms with van der Waals surface area (Å²) in [6.07, 6.45) is -2.28. The summed E-state index contributed by atoms with van der Waals surface area (Å²) < 4.78 is 5.79. The summed E-state index contributed by atoms with van der Waals surface area (Å²) in [5, 5.41) is 31.2. The minimum Gasteiger partial charge on any atom is -0.390 e. The predicted octanol–water partition coefficient (Wildman–Crippen LogP) is 0.0172. The fourth-order valence-electron chi connectivity index (χ4n) is 2.47. The summed E-state index contributed by atoms with van der Waals surface area (Å²) >= 11 is 1.44. The molecule has 0 spiro atoms. The Labute approximate surface area is 123 Å². The number of aliphatic imine (C=N–C) groups is 1. The van der Waals surface area contributed by atoms with Crippen LogP contribution in [-0.4, -0.2) is 74.9 Å². The summed E-state index contributed by atoms with van der Waals surface area (Å²) in [6.45, 7) is 4.79. The number of hydrogen-bond acceptors (Lipinski definition) is 7. The molecule has 0 aliphatic carbocycles. The van der Waals surface area contributed by atoms with Gasteiger partial charge in [0.1, 0.15) is 29.8 Å². The Kier molecular flexibility index (Phi) is 5.30. The van der Waals surface area contributed by atoms with E-state index < -0.39 is 30.5 Å². The van der Waals surface area contributed by atoms with E-state index in [1.54, 1.807) is 0 Å². The van der Waals surface area contributed by atoms with Crippen LogP contribution in [0.4, 0.5) is 0 Å². The smallest absolute Gasteiger partial charge is 0.162 e. The molecule has 0 bridgehead atoms. The molecule has 0 radical (unpaired) electrons. The first-order chi connectivity index (χ1) is 9.49. The molecular formula is C13H24N2O4S. The molecule has 2 heterocycles. The maximum atomic E-state index is 10.2. The maximum Gasteiger partial charge on any atom is 0.162 e. The lowest BCUT2D eigenvalue weighted by atomic mass is 9.93. The predicted molar refractivity (Wildman–Crippen MR) is 78.7 cm³/mol. The van der Waals surface area contributed by atoms with E-state index in [1.165, 1.54) is 11.8 Å². The van der Waals surface area contributed by atoms with Gasteiger partial charge in [-0.3, -0.25) is 4.99 Å². The number of rotatable bonds is 4. The maximum absolute atomic E-state index is 10.2. The van der Waals surface area contributed by atoms with Crippen molar-refractivity contribution >= 4 is 16.9 Å². The van der Waals surface area contributed by atoms with E-state index in [1.807, 2.05) is 25.8 Å². The quantitative estimate of drug-likeness (QED) is 0.679. The van der Waals surface area contributed by atoms with Gasteiger partial charge in [-0.15, -0.1) is 0 Å². The molecular weight excluding hydrogens is 280 g/mol. The van der Waals surface area contributed by atoms with Crippen molar-refractivity contribution in [1.82, 2.24) is 4.90 Å². The van der Waals surface area contributed by atoms with E-state index >= 15 is 0 Å². The Morgan fingerprint density at radius 2 is 2.05 bits per heavy atom. The first kappa shape index (κ1) is 16.0. The van der Waals surface area contributed by atoms with Crippen LogP contribution in [0, 0.1) is 0 Å². The van der Waals surface area contributed by atoms with Crippen LogP contribution in [0.5, 0.6) is 0 Å². The van der Waals surface area contributed by atoms with Crippen LogP contribution >= 0.6 is 11.8 Å². The van der Waals surface area contributed by atoms with Gasteiger partial charge in [-0.05, 0) is 13.3 Å². The number of ether oxygens (including phenoxy) is 1. The minimum absolute atomic E-state index is 0.339. The third-order valence-electron chi connectivity index (χ3n) is 3.85. The van der Waals surface area contributed by atoms with Crippen molar-refractivity contribution in [2.45, 2.75) is 62.6 Å². The number of fused-ring (bicyclic) bond motifs is 1. The molecule has 7 heteroatoms. The van der Waals surface area contributed by atoms with Crippen LogP contribution < -0.4 is 0 Å². The van der Waals surface area contributed by atoms with Crippen molar-refractivity contribution in [3.05, 3.63) is 0 Å². The molecule has 2 aliphatic rings. The van der Waals surface area contributed by atoms with Gasteiger partial charge >= 0.3 is 0 Å². The van der Waals surface area contributed by atoms with E-state index in [2.05, 4.69) is 4.99 Å². The van der Waals surface area contributed by atoms with Crippen molar-refractivity contribution in [2.75, 3.05) is 13.6 Å². The molecule has 0 amide bonds. The van der Waals surface area contributed by atoms with Gasteiger partial charge in [0.25, 0.3) is 0 Å². The fourth-order valence-corrected chi connectivity index (χ4v) is 3.72. The van der Waals surface area contributed by atoms with Crippen LogP contribution in [0.15, 0.2) is 4.99 Å². The molecule has 0 aromatic rings. The molecule has 20 heavy (non-hydrogen) atoms. The topological polar surface area (TPSA) is 85.5 Å². The van der Waals surface area contributed by atoms with Gasteiger partial charge < -0.3 is 25.0 Å². The molecule has 0 aromatic carbocycles. The Bertz CT molecular complexity index is 368. The molecule has 2 rings (SSSR count). The van der Waals surface area contributed by atoms with Gasteiger partial charge in [0, 0.05) is 13.6 Å². The van der Waals surface area contributed by atoms with Gasteiger partial charge in [0.05, 0.1) is 6.10 Å². The Hall–Kier alpha value is -0.340. The summed E-state index contributed by atoms with van der Waals surface area (Å²) in [4.78, 5) is 6.42. The van der Waals surface area contributed by atoms with E-state index in [0.29, 0.717) is 6.42 Å². The summed E-state index contributed by atoms with van der Waals surface area (Å²) in [7, 11) is 1.93. The van der Waals surface area contributed by atoms with Gasteiger partial charge in [0.2, 0.25) is 0 Å². The highest BCUT2D eigenvalue weighted by atomic mass is 32.2. The van der Waals surface area contributed by atoms with Crippen LogP contribution in [0.2, 0.25) is 0 Å². The molecule has 6 nitrogen and oxygen atoms in total. The zero-order chi connectivity index (χ0) is 14.9. The second kappa shape index (κ2) is 6.62. The molecule has 0 saturated carbocycles. The van der Waals surface area contributed by atoms with Gasteiger partial charge in [-0.25, -0.2) is 0 Å². The first-order valence-electron chi connectivity index (χ1n) is 7.14. The van der Waals surface area contributed by atoms with Crippen molar-refractivity contribution in [2.24, 2.45) is 4.99 Å². The average molecular weight is 304 g/mol. The molecule has 116 valence electrons. The first-order valence-corrected chi connectivity index (χ1v) is 8.02. The monoisotopic (exact) mass is 304 g/mol.